The van der Waals surface area contributed by atoms with Crippen LogP contribution in [-0.4, -0.2) is 23.5 Å². The second kappa shape index (κ2) is 8.61. The molecule has 1 atom stereocenters. The molecule has 6 nitrogen and oxygen atoms in total. The molecule has 1 N–H and O–H groups in total. The van der Waals surface area contributed by atoms with E-state index in [0.29, 0.717) is 27.9 Å². The van der Waals surface area contributed by atoms with Gasteiger partial charge in [0.2, 0.25) is 0 Å². The van der Waals surface area contributed by atoms with Crippen molar-refractivity contribution in [2.24, 2.45) is 0 Å². The number of benzene rings is 2. The second-order valence-corrected chi connectivity index (χ2v) is 6.82. The SMILES string of the molecule is C[C@H](NC(=O)COC(=O)c1cc(-c2ccccc2)nc2ccccc12)c1ccco1. The molecule has 6 heteroatoms. The van der Waals surface area contributed by atoms with Crippen LogP contribution in [0.5, 0.6) is 0 Å². The van der Waals surface area contributed by atoms with Crippen molar-refractivity contribution in [3.63, 3.8) is 0 Å². The molecule has 0 aliphatic heterocycles. The topological polar surface area (TPSA) is 81.4 Å². The molecular formula is C24H20N2O4. The van der Waals surface area contributed by atoms with Crippen LogP contribution in [0.4, 0.5) is 0 Å². The summed E-state index contributed by atoms with van der Waals surface area (Å²) in [5, 5.41) is 3.41. The Morgan fingerprint density at radius 3 is 2.57 bits per heavy atom. The number of ether oxygens (including phenoxy) is 1. The first kappa shape index (κ1) is 19.4. The van der Waals surface area contributed by atoms with Gasteiger partial charge in [-0.05, 0) is 31.2 Å². The molecule has 0 saturated heterocycles. The Kier molecular flexibility index (Phi) is 5.57. The van der Waals surface area contributed by atoms with Gasteiger partial charge in [0.1, 0.15) is 5.76 Å². The van der Waals surface area contributed by atoms with Crippen LogP contribution < -0.4 is 5.32 Å². The number of aromatic nitrogens is 1. The number of furan rings is 1. The molecule has 0 radical (unpaired) electrons. The summed E-state index contributed by atoms with van der Waals surface area (Å²) in [6.45, 7) is 1.41. The summed E-state index contributed by atoms with van der Waals surface area (Å²) in [6, 6.07) is 21.8. The Morgan fingerprint density at radius 2 is 1.80 bits per heavy atom. The van der Waals surface area contributed by atoms with Gasteiger partial charge >= 0.3 is 5.97 Å². The zero-order valence-electron chi connectivity index (χ0n) is 16.4. The minimum absolute atomic E-state index is 0.322. The van der Waals surface area contributed by atoms with Gasteiger partial charge in [-0.2, -0.15) is 0 Å². The molecule has 4 rings (SSSR count). The van der Waals surface area contributed by atoms with E-state index in [-0.39, 0.29) is 12.6 Å². The summed E-state index contributed by atoms with van der Waals surface area (Å²) in [7, 11) is 0. The Labute approximate surface area is 173 Å². The highest BCUT2D eigenvalue weighted by Gasteiger charge is 2.18. The van der Waals surface area contributed by atoms with E-state index in [1.165, 1.54) is 6.26 Å². The van der Waals surface area contributed by atoms with E-state index >= 15 is 0 Å². The third kappa shape index (κ3) is 4.22. The Bertz CT molecular complexity index is 1170. The average Bonchev–Trinajstić information content (AvgIpc) is 3.32. The standard InChI is InChI=1S/C24H20N2O4/c1-16(22-12-7-13-29-22)25-23(27)15-30-24(28)19-14-21(17-8-3-2-4-9-17)26-20-11-6-5-10-18(19)20/h2-14,16H,15H2,1H3,(H,25,27)/t16-/m0/s1. The lowest BCUT2D eigenvalue weighted by Gasteiger charge is -2.13. The molecule has 0 bridgehead atoms. The number of hydrogen-bond acceptors (Lipinski definition) is 5. The number of nitrogens with one attached hydrogen (secondary N) is 1. The Morgan fingerprint density at radius 1 is 1.03 bits per heavy atom. The van der Waals surface area contributed by atoms with Gasteiger partial charge in [-0.1, -0.05) is 48.5 Å². The number of amides is 1. The third-order valence-corrected chi connectivity index (χ3v) is 4.69. The summed E-state index contributed by atoms with van der Waals surface area (Å²) in [6.07, 6.45) is 1.54. The molecule has 30 heavy (non-hydrogen) atoms. The summed E-state index contributed by atoms with van der Waals surface area (Å²) in [5.74, 6) is -0.359. The molecule has 0 fully saturated rings. The lowest BCUT2D eigenvalue weighted by atomic mass is 10.0. The third-order valence-electron chi connectivity index (χ3n) is 4.69. The van der Waals surface area contributed by atoms with E-state index < -0.39 is 11.9 Å². The molecule has 0 saturated carbocycles. The van der Waals surface area contributed by atoms with Crippen molar-refractivity contribution >= 4 is 22.8 Å². The number of para-hydroxylation sites is 1. The summed E-state index contributed by atoms with van der Waals surface area (Å²) in [5.41, 5.74) is 2.60. The number of carbonyl (C=O) groups excluding carboxylic acids is 2. The number of pyridine rings is 1. The molecule has 4 aromatic rings. The lowest BCUT2D eigenvalue weighted by molar-refractivity contribution is -0.125. The maximum atomic E-state index is 12.8. The van der Waals surface area contributed by atoms with Gasteiger partial charge in [0.05, 0.1) is 29.1 Å². The number of esters is 1. The van der Waals surface area contributed by atoms with Gasteiger partial charge in [0, 0.05) is 10.9 Å². The van der Waals surface area contributed by atoms with Gasteiger partial charge < -0.3 is 14.5 Å². The van der Waals surface area contributed by atoms with Crippen molar-refractivity contribution in [1.29, 1.82) is 0 Å². The van der Waals surface area contributed by atoms with Crippen molar-refractivity contribution in [1.82, 2.24) is 10.3 Å². The highest BCUT2D eigenvalue weighted by molar-refractivity contribution is 6.05. The smallest absolute Gasteiger partial charge is 0.339 e. The van der Waals surface area contributed by atoms with E-state index in [2.05, 4.69) is 10.3 Å². The van der Waals surface area contributed by atoms with Crippen LogP contribution >= 0.6 is 0 Å². The van der Waals surface area contributed by atoms with E-state index in [1.807, 2.05) is 54.6 Å². The molecule has 2 aromatic carbocycles. The second-order valence-electron chi connectivity index (χ2n) is 6.82. The number of nitrogens with zero attached hydrogens (tertiary/aromatic N) is 1. The average molecular weight is 400 g/mol. The Hall–Kier alpha value is -3.93. The molecular weight excluding hydrogens is 380 g/mol. The lowest BCUT2D eigenvalue weighted by Crippen LogP contribution is -2.31. The number of carbonyl (C=O) groups is 2. The Balaban J connectivity index is 1.53. The first-order valence-electron chi connectivity index (χ1n) is 9.57. The van der Waals surface area contributed by atoms with Gasteiger partial charge in [0.15, 0.2) is 6.61 Å². The van der Waals surface area contributed by atoms with Crippen LogP contribution in [0.15, 0.2) is 83.5 Å². The van der Waals surface area contributed by atoms with Crippen molar-refractivity contribution in [2.45, 2.75) is 13.0 Å². The first-order valence-corrected chi connectivity index (χ1v) is 9.57. The predicted molar refractivity (Wildman–Crippen MR) is 113 cm³/mol. The van der Waals surface area contributed by atoms with Crippen LogP contribution in [-0.2, 0) is 9.53 Å². The predicted octanol–water partition coefficient (Wildman–Crippen LogP) is 4.53. The summed E-state index contributed by atoms with van der Waals surface area (Å²) < 4.78 is 10.6. The minimum atomic E-state index is -0.577. The van der Waals surface area contributed by atoms with Gasteiger partial charge in [-0.3, -0.25) is 4.79 Å². The van der Waals surface area contributed by atoms with Crippen LogP contribution in [0.1, 0.15) is 29.1 Å². The molecule has 0 unspecified atom stereocenters. The quantitative estimate of drug-likeness (QED) is 0.481. The maximum Gasteiger partial charge on any atom is 0.339 e. The molecule has 1 amide bonds. The van der Waals surface area contributed by atoms with E-state index in [1.54, 1.807) is 25.1 Å². The van der Waals surface area contributed by atoms with Crippen LogP contribution in [0, 0.1) is 0 Å². The molecule has 150 valence electrons. The van der Waals surface area contributed by atoms with Crippen molar-refractivity contribution in [2.75, 3.05) is 6.61 Å². The number of fused-ring (bicyclic) bond motifs is 1. The minimum Gasteiger partial charge on any atom is -0.467 e. The molecule has 0 aliphatic rings. The van der Waals surface area contributed by atoms with E-state index in [0.717, 1.165) is 5.56 Å². The van der Waals surface area contributed by atoms with Gasteiger partial charge in [0.25, 0.3) is 5.91 Å². The summed E-state index contributed by atoms with van der Waals surface area (Å²) >= 11 is 0. The normalized spacial score (nSPS) is 11.8. The van der Waals surface area contributed by atoms with Crippen LogP contribution in [0.25, 0.3) is 22.2 Å². The maximum absolute atomic E-state index is 12.8. The highest BCUT2D eigenvalue weighted by Crippen LogP contribution is 2.25. The van der Waals surface area contributed by atoms with Crippen LogP contribution in [0.2, 0.25) is 0 Å². The van der Waals surface area contributed by atoms with Crippen molar-refractivity contribution in [3.05, 3.63) is 90.4 Å². The fourth-order valence-corrected chi connectivity index (χ4v) is 3.20. The molecule has 0 aliphatic carbocycles. The fraction of sp³-hybridized carbons (Fsp3) is 0.125. The molecule has 2 heterocycles. The van der Waals surface area contributed by atoms with Crippen molar-refractivity contribution < 1.29 is 18.7 Å². The highest BCUT2D eigenvalue weighted by atomic mass is 16.5. The molecule has 2 aromatic heterocycles. The van der Waals surface area contributed by atoms with Crippen molar-refractivity contribution in [3.8, 4) is 11.3 Å². The zero-order valence-corrected chi connectivity index (χ0v) is 16.4. The molecule has 0 spiro atoms. The number of hydrogen-bond donors (Lipinski definition) is 1. The number of rotatable bonds is 6. The monoisotopic (exact) mass is 400 g/mol. The van der Waals surface area contributed by atoms with Crippen LogP contribution in [0.3, 0.4) is 0 Å². The fourth-order valence-electron chi connectivity index (χ4n) is 3.20. The van der Waals surface area contributed by atoms with E-state index in [4.69, 9.17) is 9.15 Å². The zero-order chi connectivity index (χ0) is 20.9. The van der Waals surface area contributed by atoms with Gasteiger partial charge in [-0.15, -0.1) is 0 Å². The largest absolute Gasteiger partial charge is 0.467 e. The van der Waals surface area contributed by atoms with E-state index in [9.17, 15) is 9.59 Å². The van der Waals surface area contributed by atoms with Gasteiger partial charge in [-0.25, -0.2) is 9.78 Å². The first-order chi connectivity index (χ1) is 14.6. The summed E-state index contributed by atoms with van der Waals surface area (Å²) in [4.78, 5) is 29.7.